The summed E-state index contributed by atoms with van der Waals surface area (Å²) in [6, 6.07) is 10.7. The van der Waals surface area contributed by atoms with E-state index in [4.69, 9.17) is 14.5 Å². The lowest BCUT2D eigenvalue weighted by Gasteiger charge is -2.37. The number of imidazole rings is 1. The number of carbonyl (C=O) groups excluding carboxylic acids is 2. The van der Waals surface area contributed by atoms with E-state index < -0.39 is 17.9 Å². The molecule has 0 spiro atoms. The van der Waals surface area contributed by atoms with Crippen LogP contribution in [0.15, 0.2) is 48.8 Å². The van der Waals surface area contributed by atoms with Gasteiger partial charge >= 0.3 is 5.97 Å². The van der Waals surface area contributed by atoms with Gasteiger partial charge in [0.2, 0.25) is 11.9 Å². The Bertz CT molecular complexity index is 1050. The predicted octanol–water partition coefficient (Wildman–Crippen LogP) is 2.58. The number of hydrogen-bond donors (Lipinski definition) is 0. The Morgan fingerprint density at radius 3 is 2.77 bits per heavy atom. The van der Waals surface area contributed by atoms with Crippen LogP contribution in [0, 0.1) is 5.92 Å². The second-order valence-electron chi connectivity index (χ2n) is 7.07. The van der Waals surface area contributed by atoms with Crippen LogP contribution in [-0.4, -0.2) is 53.3 Å². The maximum Gasteiger partial charge on any atom is 0.321 e. The molecule has 1 aromatic carbocycles. The molecule has 1 amide bonds. The highest BCUT2D eigenvalue weighted by molar-refractivity contribution is 6.08. The molecule has 4 rings (SSSR count). The lowest BCUT2D eigenvalue weighted by molar-refractivity contribution is -0.153. The fourth-order valence-electron chi connectivity index (χ4n) is 3.98. The van der Waals surface area contributed by atoms with Gasteiger partial charge in [0.15, 0.2) is 5.92 Å². The molecule has 1 aliphatic rings. The summed E-state index contributed by atoms with van der Waals surface area (Å²) in [5, 5.41) is 0. The van der Waals surface area contributed by atoms with Crippen LogP contribution in [0.2, 0.25) is 0 Å². The van der Waals surface area contributed by atoms with E-state index in [-0.39, 0.29) is 12.5 Å². The standard InChI is InChI=1S/C22H24N4O4/c1-3-30-21(28)18-19(15-8-6-11-23-14-15)26-17-10-5-4-9-16(17)24-22(26)25(20(18)27)12-7-13-29-2/h4-6,8-11,14,18-19H,3,7,12-13H2,1-2H3/t18-,19-/m1/s1. The number of para-hydroxylation sites is 2. The lowest BCUT2D eigenvalue weighted by Crippen LogP contribution is -2.50. The third-order valence-electron chi connectivity index (χ3n) is 5.24. The molecule has 0 radical (unpaired) electrons. The average Bonchev–Trinajstić information content (AvgIpc) is 3.14. The second-order valence-corrected chi connectivity index (χ2v) is 7.07. The molecule has 1 aliphatic heterocycles. The molecule has 0 fully saturated rings. The molecule has 30 heavy (non-hydrogen) atoms. The van der Waals surface area contributed by atoms with Gasteiger partial charge in [-0.2, -0.15) is 0 Å². The topological polar surface area (TPSA) is 86.5 Å². The number of aromatic nitrogens is 3. The summed E-state index contributed by atoms with van der Waals surface area (Å²) >= 11 is 0. The number of methoxy groups -OCH3 is 1. The molecular weight excluding hydrogens is 384 g/mol. The fraction of sp³-hybridized carbons (Fsp3) is 0.364. The number of amides is 1. The first-order chi connectivity index (χ1) is 14.7. The molecule has 0 saturated carbocycles. The molecule has 8 nitrogen and oxygen atoms in total. The Hall–Kier alpha value is -3.26. The molecule has 0 bridgehead atoms. The zero-order valence-corrected chi connectivity index (χ0v) is 17.0. The molecule has 0 aliphatic carbocycles. The molecular formula is C22H24N4O4. The SMILES string of the molecule is CCOC(=O)[C@H]1C(=O)N(CCCOC)c2nc3ccccc3n2[C@@H]1c1cccnc1. The van der Waals surface area contributed by atoms with Crippen LogP contribution in [-0.2, 0) is 19.1 Å². The minimum Gasteiger partial charge on any atom is -0.465 e. The van der Waals surface area contributed by atoms with Crippen molar-refractivity contribution in [2.24, 2.45) is 5.92 Å². The molecule has 3 heterocycles. The number of hydrogen-bond acceptors (Lipinski definition) is 6. The Morgan fingerprint density at radius 2 is 2.03 bits per heavy atom. The summed E-state index contributed by atoms with van der Waals surface area (Å²) in [6.07, 6.45) is 3.97. The number of carbonyl (C=O) groups is 2. The van der Waals surface area contributed by atoms with E-state index in [9.17, 15) is 9.59 Å². The summed E-state index contributed by atoms with van der Waals surface area (Å²) < 4.78 is 12.4. The fourth-order valence-corrected chi connectivity index (χ4v) is 3.98. The zero-order chi connectivity index (χ0) is 21.1. The van der Waals surface area contributed by atoms with E-state index in [2.05, 4.69) is 4.98 Å². The smallest absolute Gasteiger partial charge is 0.321 e. The molecule has 3 aromatic rings. The van der Waals surface area contributed by atoms with E-state index in [0.29, 0.717) is 25.5 Å². The van der Waals surface area contributed by atoms with E-state index in [1.54, 1.807) is 37.4 Å². The lowest BCUT2D eigenvalue weighted by atomic mass is 9.90. The van der Waals surface area contributed by atoms with Gasteiger partial charge in [-0.25, -0.2) is 4.98 Å². The van der Waals surface area contributed by atoms with Gasteiger partial charge in [-0.05, 0) is 37.1 Å². The van der Waals surface area contributed by atoms with Crippen molar-refractivity contribution in [3.05, 3.63) is 54.4 Å². The quantitative estimate of drug-likeness (QED) is 0.339. The number of ether oxygens (including phenoxy) is 2. The highest BCUT2D eigenvalue weighted by Gasteiger charge is 2.47. The van der Waals surface area contributed by atoms with Gasteiger partial charge in [0.05, 0.1) is 23.7 Å². The average molecular weight is 408 g/mol. The van der Waals surface area contributed by atoms with Crippen molar-refractivity contribution in [2.45, 2.75) is 19.4 Å². The Balaban J connectivity index is 1.93. The van der Waals surface area contributed by atoms with Crippen LogP contribution in [0.5, 0.6) is 0 Å². The van der Waals surface area contributed by atoms with Crippen LogP contribution in [0.25, 0.3) is 11.0 Å². The first-order valence-electron chi connectivity index (χ1n) is 10.0. The maximum absolute atomic E-state index is 13.6. The second kappa shape index (κ2) is 8.62. The zero-order valence-electron chi connectivity index (χ0n) is 17.0. The van der Waals surface area contributed by atoms with Crippen molar-refractivity contribution >= 4 is 28.9 Å². The van der Waals surface area contributed by atoms with E-state index in [0.717, 1.165) is 16.6 Å². The van der Waals surface area contributed by atoms with Gasteiger partial charge in [-0.3, -0.25) is 19.5 Å². The third-order valence-corrected chi connectivity index (χ3v) is 5.24. The van der Waals surface area contributed by atoms with Crippen molar-refractivity contribution in [3.8, 4) is 0 Å². The van der Waals surface area contributed by atoms with Gasteiger partial charge in [-0.15, -0.1) is 0 Å². The monoisotopic (exact) mass is 408 g/mol. The van der Waals surface area contributed by atoms with Crippen LogP contribution >= 0.6 is 0 Å². The molecule has 0 N–H and O–H groups in total. The maximum atomic E-state index is 13.6. The van der Waals surface area contributed by atoms with Gasteiger partial charge in [0.1, 0.15) is 0 Å². The summed E-state index contributed by atoms with van der Waals surface area (Å²) in [5.41, 5.74) is 2.36. The van der Waals surface area contributed by atoms with Gasteiger partial charge < -0.3 is 14.0 Å². The van der Waals surface area contributed by atoms with E-state index in [1.165, 1.54) is 0 Å². The number of esters is 1. The highest BCUT2D eigenvalue weighted by Crippen LogP contribution is 2.41. The van der Waals surface area contributed by atoms with Crippen LogP contribution < -0.4 is 4.90 Å². The van der Waals surface area contributed by atoms with Crippen molar-refractivity contribution in [1.82, 2.24) is 14.5 Å². The van der Waals surface area contributed by atoms with Gasteiger partial charge in [0, 0.05) is 32.7 Å². The van der Waals surface area contributed by atoms with Crippen LogP contribution in [0.4, 0.5) is 5.95 Å². The molecule has 0 unspecified atom stereocenters. The van der Waals surface area contributed by atoms with Crippen LogP contribution in [0.3, 0.4) is 0 Å². The first-order valence-corrected chi connectivity index (χ1v) is 10.0. The van der Waals surface area contributed by atoms with Crippen molar-refractivity contribution in [2.75, 3.05) is 31.8 Å². The molecule has 0 saturated heterocycles. The molecule has 2 atom stereocenters. The largest absolute Gasteiger partial charge is 0.465 e. The molecule has 2 aromatic heterocycles. The van der Waals surface area contributed by atoms with Gasteiger partial charge in [0.25, 0.3) is 0 Å². The molecule has 156 valence electrons. The number of nitrogens with zero attached hydrogens (tertiary/aromatic N) is 4. The summed E-state index contributed by atoms with van der Waals surface area (Å²) in [7, 11) is 1.62. The minimum absolute atomic E-state index is 0.198. The van der Waals surface area contributed by atoms with E-state index >= 15 is 0 Å². The number of benzene rings is 1. The number of anilines is 1. The van der Waals surface area contributed by atoms with Gasteiger partial charge in [-0.1, -0.05) is 18.2 Å². The molecule has 8 heteroatoms. The summed E-state index contributed by atoms with van der Waals surface area (Å²) in [4.78, 5) is 37.1. The first kappa shape index (κ1) is 20.0. The van der Waals surface area contributed by atoms with Crippen molar-refractivity contribution < 1.29 is 19.1 Å². The predicted molar refractivity (Wildman–Crippen MR) is 111 cm³/mol. The highest BCUT2D eigenvalue weighted by atomic mass is 16.5. The summed E-state index contributed by atoms with van der Waals surface area (Å²) in [5.74, 6) is -1.37. The Morgan fingerprint density at radius 1 is 1.20 bits per heavy atom. The van der Waals surface area contributed by atoms with E-state index in [1.807, 2.05) is 34.9 Å². The van der Waals surface area contributed by atoms with Crippen molar-refractivity contribution in [1.29, 1.82) is 0 Å². The Labute approximate surface area is 174 Å². The Kier molecular flexibility index (Phi) is 5.76. The summed E-state index contributed by atoms with van der Waals surface area (Å²) in [6.45, 7) is 2.83. The normalized spacial score (nSPS) is 18.5. The van der Waals surface area contributed by atoms with Crippen molar-refractivity contribution in [3.63, 3.8) is 0 Å². The third kappa shape index (κ3) is 3.43. The number of fused-ring (bicyclic) bond motifs is 3. The van der Waals surface area contributed by atoms with Crippen LogP contribution in [0.1, 0.15) is 24.9 Å². The number of rotatable bonds is 7. The number of pyridine rings is 1. The minimum atomic E-state index is -1.03.